The largest absolute Gasteiger partial charge is 0.494 e. The first-order chi connectivity index (χ1) is 11.2. The van der Waals surface area contributed by atoms with E-state index < -0.39 is 5.82 Å². The Hall–Kier alpha value is -2.44. The number of aromatic amines is 1. The second kappa shape index (κ2) is 6.76. The van der Waals surface area contributed by atoms with Crippen LogP contribution in [0.1, 0.15) is 36.7 Å². The molecule has 2 aromatic rings. The number of likely N-dealkylation sites (tertiary alicyclic amines) is 1. The number of nitrogens with one attached hydrogen (secondary N) is 1. The zero-order chi connectivity index (χ0) is 16.2. The lowest BCUT2D eigenvalue weighted by Crippen LogP contribution is -2.39. The monoisotopic (exact) mass is 318 g/mol. The average Bonchev–Trinajstić information content (AvgIpc) is 3.09. The van der Waals surface area contributed by atoms with Gasteiger partial charge in [0.15, 0.2) is 11.6 Å². The van der Waals surface area contributed by atoms with E-state index in [2.05, 4.69) is 15.2 Å². The van der Waals surface area contributed by atoms with Crippen molar-refractivity contribution in [1.82, 2.24) is 20.1 Å². The highest BCUT2D eigenvalue weighted by molar-refractivity contribution is 5.79. The van der Waals surface area contributed by atoms with Crippen LogP contribution in [0.3, 0.4) is 0 Å². The van der Waals surface area contributed by atoms with Crippen molar-refractivity contribution in [3.63, 3.8) is 0 Å². The van der Waals surface area contributed by atoms with E-state index in [0.29, 0.717) is 17.9 Å². The third-order valence-corrected chi connectivity index (χ3v) is 4.14. The fourth-order valence-corrected chi connectivity index (χ4v) is 2.99. The summed E-state index contributed by atoms with van der Waals surface area (Å²) >= 11 is 0. The summed E-state index contributed by atoms with van der Waals surface area (Å²) in [4.78, 5) is 18.6. The Labute approximate surface area is 133 Å². The molecule has 1 aliphatic rings. The van der Waals surface area contributed by atoms with E-state index in [1.165, 1.54) is 19.5 Å². The van der Waals surface area contributed by atoms with E-state index in [4.69, 9.17) is 4.74 Å². The lowest BCUT2D eigenvalue weighted by molar-refractivity contribution is -0.134. The van der Waals surface area contributed by atoms with Gasteiger partial charge in [-0.2, -0.15) is 5.10 Å². The minimum absolute atomic E-state index is 0.0318. The molecular weight excluding hydrogens is 299 g/mol. The molecule has 1 N–H and O–H groups in total. The number of hydrogen-bond acceptors (Lipinski definition) is 4. The van der Waals surface area contributed by atoms with Crippen LogP contribution in [0.5, 0.6) is 5.75 Å². The molecule has 1 fully saturated rings. The smallest absolute Gasteiger partial charge is 0.227 e. The molecule has 1 saturated heterocycles. The van der Waals surface area contributed by atoms with Crippen LogP contribution in [0.25, 0.3) is 0 Å². The highest BCUT2D eigenvalue weighted by Gasteiger charge is 2.29. The fourth-order valence-electron chi connectivity index (χ4n) is 2.99. The lowest BCUT2D eigenvalue weighted by atomic mass is 10.00. The molecule has 122 valence electrons. The van der Waals surface area contributed by atoms with Crippen LogP contribution < -0.4 is 4.74 Å². The summed E-state index contributed by atoms with van der Waals surface area (Å²) in [6, 6.07) is 4.53. The molecule has 6 nitrogen and oxygen atoms in total. The molecule has 2 heterocycles. The highest BCUT2D eigenvalue weighted by atomic mass is 19.1. The molecule has 7 heteroatoms. The van der Waals surface area contributed by atoms with Crippen molar-refractivity contribution >= 4 is 5.91 Å². The predicted octanol–water partition coefficient (Wildman–Crippen LogP) is 2.25. The first-order valence-corrected chi connectivity index (χ1v) is 7.66. The number of carbonyl (C=O) groups is 1. The van der Waals surface area contributed by atoms with Crippen molar-refractivity contribution in [2.24, 2.45) is 0 Å². The van der Waals surface area contributed by atoms with E-state index >= 15 is 0 Å². The molecule has 1 aliphatic heterocycles. The third-order valence-electron chi connectivity index (χ3n) is 4.14. The van der Waals surface area contributed by atoms with Gasteiger partial charge >= 0.3 is 0 Å². The van der Waals surface area contributed by atoms with E-state index in [1.807, 2.05) is 4.90 Å². The van der Waals surface area contributed by atoms with Gasteiger partial charge < -0.3 is 9.64 Å². The summed E-state index contributed by atoms with van der Waals surface area (Å²) in [6.07, 6.45) is 4.48. The molecule has 0 radical (unpaired) electrons. The first-order valence-electron chi connectivity index (χ1n) is 7.66. The van der Waals surface area contributed by atoms with Crippen molar-refractivity contribution in [2.75, 3.05) is 13.7 Å². The normalized spacial score (nSPS) is 18.0. The number of carbonyl (C=O) groups excluding carboxylic acids is 1. The van der Waals surface area contributed by atoms with E-state index in [-0.39, 0.29) is 24.1 Å². The van der Waals surface area contributed by atoms with Crippen LogP contribution in [0.2, 0.25) is 0 Å². The first kappa shape index (κ1) is 15.5. The molecule has 1 atom stereocenters. The van der Waals surface area contributed by atoms with Gasteiger partial charge in [-0.1, -0.05) is 6.07 Å². The molecule has 3 rings (SSSR count). The van der Waals surface area contributed by atoms with Gasteiger partial charge in [0.25, 0.3) is 0 Å². The predicted molar refractivity (Wildman–Crippen MR) is 81.3 cm³/mol. The van der Waals surface area contributed by atoms with Gasteiger partial charge in [0.1, 0.15) is 12.2 Å². The summed E-state index contributed by atoms with van der Waals surface area (Å²) < 4.78 is 18.7. The maximum absolute atomic E-state index is 13.8. The van der Waals surface area contributed by atoms with Gasteiger partial charge in [0, 0.05) is 6.54 Å². The summed E-state index contributed by atoms with van der Waals surface area (Å²) in [5, 5.41) is 6.72. The number of ether oxygens (including phenoxy) is 1. The van der Waals surface area contributed by atoms with Crippen molar-refractivity contribution in [1.29, 1.82) is 0 Å². The number of rotatable bonds is 4. The number of H-pyrrole nitrogens is 1. The number of amides is 1. The van der Waals surface area contributed by atoms with Gasteiger partial charge in [-0.05, 0) is 37.0 Å². The average molecular weight is 318 g/mol. The number of benzene rings is 1. The van der Waals surface area contributed by atoms with Gasteiger partial charge in [0.05, 0.1) is 19.6 Å². The molecule has 0 bridgehead atoms. The Morgan fingerprint density at radius 1 is 1.48 bits per heavy atom. The fraction of sp³-hybridized carbons (Fsp3) is 0.438. The second-order valence-electron chi connectivity index (χ2n) is 5.62. The molecule has 23 heavy (non-hydrogen) atoms. The Kier molecular flexibility index (Phi) is 4.55. The van der Waals surface area contributed by atoms with Crippen LogP contribution in [0, 0.1) is 5.82 Å². The van der Waals surface area contributed by atoms with Gasteiger partial charge in [-0.25, -0.2) is 9.37 Å². The molecule has 1 aromatic heterocycles. The summed E-state index contributed by atoms with van der Waals surface area (Å²) in [6.45, 7) is 0.683. The molecule has 0 saturated carbocycles. The molecule has 0 unspecified atom stereocenters. The molecular formula is C16H19FN4O2. The van der Waals surface area contributed by atoms with E-state index in [1.54, 1.807) is 12.1 Å². The van der Waals surface area contributed by atoms with Crippen LogP contribution >= 0.6 is 0 Å². The number of methoxy groups -OCH3 is 1. The molecule has 1 aromatic carbocycles. The molecule has 0 aliphatic carbocycles. The highest BCUT2D eigenvalue weighted by Crippen LogP contribution is 2.29. The summed E-state index contributed by atoms with van der Waals surface area (Å²) in [7, 11) is 1.42. The Morgan fingerprint density at radius 3 is 3.04 bits per heavy atom. The van der Waals surface area contributed by atoms with Crippen LogP contribution in [-0.2, 0) is 11.2 Å². The van der Waals surface area contributed by atoms with Gasteiger partial charge in [-0.15, -0.1) is 0 Å². The molecule has 1 amide bonds. The van der Waals surface area contributed by atoms with Gasteiger partial charge in [-0.3, -0.25) is 9.89 Å². The van der Waals surface area contributed by atoms with E-state index in [9.17, 15) is 9.18 Å². The SMILES string of the molecule is COc1ccc(CC(=O)N2CCCC[C@@H]2c2ncn[nH]2)cc1F. The summed E-state index contributed by atoms with van der Waals surface area (Å²) in [5.74, 6) is 0.400. The Balaban J connectivity index is 1.74. The zero-order valence-electron chi connectivity index (χ0n) is 13.0. The van der Waals surface area contributed by atoms with Crippen molar-refractivity contribution < 1.29 is 13.9 Å². The van der Waals surface area contributed by atoms with Gasteiger partial charge in [0.2, 0.25) is 5.91 Å². The van der Waals surface area contributed by atoms with Crippen LogP contribution in [-0.4, -0.2) is 39.6 Å². The minimum atomic E-state index is -0.455. The van der Waals surface area contributed by atoms with E-state index in [0.717, 1.165) is 19.3 Å². The third kappa shape index (κ3) is 3.33. The minimum Gasteiger partial charge on any atom is -0.494 e. The lowest BCUT2D eigenvalue weighted by Gasteiger charge is -2.34. The second-order valence-corrected chi connectivity index (χ2v) is 5.62. The van der Waals surface area contributed by atoms with Crippen LogP contribution in [0.4, 0.5) is 4.39 Å². The standard InChI is InChI=1S/C16H19FN4O2/c1-23-14-6-5-11(8-12(14)17)9-15(22)21-7-3-2-4-13(21)16-18-10-19-20-16/h5-6,8,10,13H,2-4,7,9H2,1H3,(H,18,19,20)/t13-/m1/s1. The quantitative estimate of drug-likeness (QED) is 0.938. The van der Waals surface area contributed by atoms with Crippen molar-refractivity contribution in [2.45, 2.75) is 31.7 Å². The number of aromatic nitrogens is 3. The number of hydrogen-bond donors (Lipinski definition) is 1. The topological polar surface area (TPSA) is 71.1 Å². The zero-order valence-corrected chi connectivity index (χ0v) is 13.0. The van der Waals surface area contributed by atoms with Crippen molar-refractivity contribution in [3.8, 4) is 5.75 Å². The Bertz CT molecular complexity index is 675. The Morgan fingerprint density at radius 2 is 2.35 bits per heavy atom. The maximum Gasteiger partial charge on any atom is 0.227 e. The molecule has 0 spiro atoms. The number of halogens is 1. The van der Waals surface area contributed by atoms with Crippen LogP contribution in [0.15, 0.2) is 24.5 Å². The maximum atomic E-state index is 13.8. The number of piperidine rings is 1. The van der Waals surface area contributed by atoms with Crippen molar-refractivity contribution in [3.05, 3.63) is 41.7 Å². The number of nitrogens with zero attached hydrogens (tertiary/aromatic N) is 3. The summed E-state index contributed by atoms with van der Waals surface area (Å²) in [5.41, 5.74) is 0.634.